The van der Waals surface area contributed by atoms with E-state index in [0.29, 0.717) is 13.0 Å². The largest absolute Gasteiger partial charge is 0.542 e. The number of halogens is 3. The molecule has 1 heterocycles. The van der Waals surface area contributed by atoms with E-state index in [1.165, 1.54) is 0 Å². The molecule has 144 valence electrons. The molecule has 27 heavy (non-hydrogen) atoms. The van der Waals surface area contributed by atoms with Crippen molar-refractivity contribution >= 4 is 11.8 Å². The van der Waals surface area contributed by atoms with E-state index in [1.54, 1.807) is 15.6 Å². The van der Waals surface area contributed by atoms with Gasteiger partial charge in [0, 0.05) is 12.5 Å². The molecule has 0 N–H and O–H groups in total. The van der Waals surface area contributed by atoms with Gasteiger partial charge in [-0.2, -0.15) is 18.4 Å². The SMILES string of the molecule is Cc1cccc(C)c1CC(=O)C[n+]1cccn1CC#N.O=C([O-])C(F)(F)F. The molecule has 0 aliphatic carbocycles. The highest BCUT2D eigenvalue weighted by molar-refractivity contribution is 5.80. The van der Waals surface area contributed by atoms with Crippen molar-refractivity contribution in [3.63, 3.8) is 0 Å². The van der Waals surface area contributed by atoms with Gasteiger partial charge in [0.15, 0.2) is 12.7 Å². The van der Waals surface area contributed by atoms with Crippen LogP contribution < -0.4 is 9.79 Å². The predicted molar refractivity (Wildman–Crippen MR) is 85.9 cm³/mol. The molecule has 0 saturated heterocycles. The van der Waals surface area contributed by atoms with Gasteiger partial charge in [-0.3, -0.25) is 4.79 Å². The number of Topliss-reactive ketones (excluding diaryl/α,β-unsaturated/α-hetero) is 1. The number of aromatic nitrogens is 2. The maximum atomic E-state index is 12.2. The molecule has 0 fully saturated rings. The fraction of sp³-hybridized carbons (Fsp3) is 0.333. The summed E-state index contributed by atoms with van der Waals surface area (Å²) in [6, 6.07) is 9.98. The van der Waals surface area contributed by atoms with E-state index in [1.807, 2.05) is 44.3 Å². The number of hydrogen-bond acceptors (Lipinski definition) is 4. The number of carbonyl (C=O) groups is 2. The van der Waals surface area contributed by atoms with E-state index >= 15 is 0 Å². The highest BCUT2D eigenvalue weighted by Gasteiger charge is 2.28. The Hall–Kier alpha value is -3.15. The first-order valence-corrected chi connectivity index (χ1v) is 7.83. The summed E-state index contributed by atoms with van der Waals surface area (Å²) in [7, 11) is 0. The summed E-state index contributed by atoms with van der Waals surface area (Å²) < 4.78 is 35.1. The summed E-state index contributed by atoms with van der Waals surface area (Å²) in [4.78, 5) is 21.0. The Labute approximate surface area is 154 Å². The van der Waals surface area contributed by atoms with Gasteiger partial charge in [-0.25, -0.2) is 0 Å². The molecule has 6 nitrogen and oxygen atoms in total. The molecule has 0 spiro atoms. The third-order valence-corrected chi connectivity index (χ3v) is 3.67. The van der Waals surface area contributed by atoms with Crippen molar-refractivity contribution in [1.29, 1.82) is 5.26 Å². The molecular formula is C18H18F3N3O3. The Morgan fingerprint density at radius 1 is 1.22 bits per heavy atom. The Bertz CT molecular complexity index is 831. The number of carbonyl (C=O) groups excluding carboxylic acids is 2. The molecule has 0 aliphatic heterocycles. The molecule has 0 radical (unpaired) electrons. The number of alkyl halides is 3. The number of carboxylic acid groups (broad SMARTS) is 1. The van der Waals surface area contributed by atoms with Crippen LogP contribution in [-0.4, -0.2) is 22.6 Å². The van der Waals surface area contributed by atoms with Crippen molar-refractivity contribution < 1.29 is 32.5 Å². The van der Waals surface area contributed by atoms with Crippen LogP contribution in [0.2, 0.25) is 0 Å². The minimum atomic E-state index is -5.19. The predicted octanol–water partition coefficient (Wildman–Crippen LogP) is 1.03. The van der Waals surface area contributed by atoms with E-state index in [9.17, 15) is 18.0 Å². The molecule has 2 rings (SSSR count). The molecule has 9 heteroatoms. The molecule has 0 amide bonds. The third kappa shape index (κ3) is 6.93. The number of aliphatic carboxylic acids is 1. The first kappa shape index (κ1) is 21.9. The smallest absolute Gasteiger partial charge is 0.430 e. The van der Waals surface area contributed by atoms with Gasteiger partial charge in [0.05, 0.1) is 12.3 Å². The second-order valence-electron chi connectivity index (χ2n) is 5.71. The summed E-state index contributed by atoms with van der Waals surface area (Å²) in [6.07, 6.45) is -1.14. The Morgan fingerprint density at radius 2 is 1.78 bits per heavy atom. The average Bonchev–Trinajstić information content (AvgIpc) is 2.98. The number of aryl methyl sites for hydroxylation is 2. The van der Waals surface area contributed by atoms with Gasteiger partial charge in [-0.05, 0) is 30.5 Å². The summed E-state index contributed by atoms with van der Waals surface area (Å²) in [5.74, 6) is -2.86. The zero-order valence-electron chi connectivity index (χ0n) is 14.8. The topological polar surface area (TPSA) is 89.8 Å². The van der Waals surface area contributed by atoms with Gasteiger partial charge in [0.25, 0.3) is 0 Å². The number of rotatable bonds is 5. The fourth-order valence-corrected chi connectivity index (χ4v) is 2.33. The van der Waals surface area contributed by atoms with Crippen LogP contribution in [0.3, 0.4) is 0 Å². The van der Waals surface area contributed by atoms with E-state index in [2.05, 4.69) is 6.07 Å². The van der Waals surface area contributed by atoms with E-state index < -0.39 is 12.1 Å². The zero-order chi connectivity index (χ0) is 20.6. The second-order valence-corrected chi connectivity index (χ2v) is 5.71. The molecule has 1 aromatic heterocycles. The molecule has 0 aliphatic rings. The number of carboxylic acids is 1. The van der Waals surface area contributed by atoms with E-state index in [0.717, 1.165) is 16.7 Å². The van der Waals surface area contributed by atoms with Gasteiger partial charge in [0.1, 0.15) is 5.97 Å². The van der Waals surface area contributed by atoms with Crippen LogP contribution >= 0.6 is 0 Å². The monoisotopic (exact) mass is 381 g/mol. The molecule has 1 aromatic carbocycles. The lowest BCUT2D eigenvalue weighted by Crippen LogP contribution is -2.45. The minimum Gasteiger partial charge on any atom is -0.542 e. The molecular weight excluding hydrogens is 363 g/mol. The number of hydrogen-bond donors (Lipinski definition) is 0. The average molecular weight is 381 g/mol. The van der Waals surface area contributed by atoms with Crippen LogP contribution in [0.4, 0.5) is 13.2 Å². The lowest BCUT2D eigenvalue weighted by molar-refractivity contribution is -0.763. The van der Waals surface area contributed by atoms with Gasteiger partial charge >= 0.3 is 6.18 Å². The number of benzene rings is 1. The van der Waals surface area contributed by atoms with Crippen LogP contribution in [0, 0.1) is 25.2 Å². The summed E-state index contributed by atoms with van der Waals surface area (Å²) >= 11 is 0. The summed E-state index contributed by atoms with van der Waals surface area (Å²) in [6.45, 7) is 4.61. The first-order chi connectivity index (χ1) is 12.6. The maximum Gasteiger partial charge on any atom is 0.430 e. The van der Waals surface area contributed by atoms with Gasteiger partial charge in [0.2, 0.25) is 12.3 Å². The Kier molecular flexibility index (Phi) is 7.72. The minimum absolute atomic E-state index is 0.144. The van der Waals surface area contributed by atoms with Crippen molar-refractivity contribution in [2.24, 2.45) is 0 Å². The van der Waals surface area contributed by atoms with E-state index in [-0.39, 0.29) is 12.3 Å². The lowest BCUT2D eigenvalue weighted by atomic mass is 9.98. The lowest BCUT2D eigenvalue weighted by Gasteiger charge is -2.07. The standard InChI is InChI=1S/C16H18N3O.C2HF3O2/c1-13-5-3-6-14(2)16(13)11-15(20)12-19-9-4-8-18(19)10-7-17;3-2(4,5)1(6)7/h3-6,8-9H,10-12H2,1-2H3;(H,6,7)/q+1;/p-1. The second kappa shape index (κ2) is 9.52. The van der Waals surface area contributed by atoms with Crippen LogP contribution in [-0.2, 0) is 29.1 Å². The van der Waals surface area contributed by atoms with Crippen LogP contribution in [0.25, 0.3) is 0 Å². The van der Waals surface area contributed by atoms with Crippen molar-refractivity contribution in [2.45, 2.75) is 39.5 Å². The van der Waals surface area contributed by atoms with Gasteiger partial charge < -0.3 is 9.90 Å². The molecule has 0 atom stereocenters. The van der Waals surface area contributed by atoms with Crippen molar-refractivity contribution in [3.05, 3.63) is 53.3 Å². The molecule has 2 aromatic rings. The Morgan fingerprint density at radius 3 is 2.26 bits per heavy atom. The zero-order valence-corrected chi connectivity index (χ0v) is 14.8. The highest BCUT2D eigenvalue weighted by Crippen LogP contribution is 2.14. The normalized spacial score (nSPS) is 10.5. The maximum absolute atomic E-state index is 12.2. The quantitative estimate of drug-likeness (QED) is 0.724. The number of nitriles is 1. The van der Waals surface area contributed by atoms with Crippen molar-refractivity contribution in [1.82, 2.24) is 4.68 Å². The van der Waals surface area contributed by atoms with Crippen LogP contribution in [0.1, 0.15) is 16.7 Å². The molecule has 0 bridgehead atoms. The summed E-state index contributed by atoms with van der Waals surface area (Å²) in [5, 5.41) is 17.5. The number of nitrogens with zero attached hydrogens (tertiary/aromatic N) is 3. The first-order valence-electron chi connectivity index (χ1n) is 7.83. The molecule has 0 unspecified atom stereocenters. The fourth-order valence-electron chi connectivity index (χ4n) is 2.33. The van der Waals surface area contributed by atoms with Gasteiger partial charge in [-0.15, -0.1) is 9.36 Å². The van der Waals surface area contributed by atoms with E-state index in [4.69, 9.17) is 15.2 Å². The highest BCUT2D eigenvalue weighted by atomic mass is 19.4. The summed E-state index contributed by atoms with van der Waals surface area (Å²) in [5.41, 5.74) is 3.41. The van der Waals surface area contributed by atoms with Crippen LogP contribution in [0.15, 0.2) is 36.7 Å². The van der Waals surface area contributed by atoms with Crippen LogP contribution in [0.5, 0.6) is 0 Å². The van der Waals surface area contributed by atoms with Crippen molar-refractivity contribution in [2.75, 3.05) is 0 Å². The van der Waals surface area contributed by atoms with Crippen molar-refractivity contribution in [3.8, 4) is 6.07 Å². The number of ketones is 1. The Balaban J connectivity index is 0.000000445. The third-order valence-electron chi connectivity index (χ3n) is 3.67. The molecule has 0 saturated carbocycles. The van der Waals surface area contributed by atoms with Gasteiger partial charge in [-0.1, -0.05) is 18.2 Å².